The number of nitrogens with one attached hydrogen (secondary N) is 2. The first kappa shape index (κ1) is 17.2. The van der Waals surface area contributed by atoms with E-state index in [0.717, 1.165) is 5.56 Å². The highest BCUT2D eigenvalue weighted by Crippen LogP contribution is 2.16. The third-order valence-electron chi connectivity index (χ3n) is 3.36. The monoisotopic (exact) mass is 291 g/mol. The number of rotatable bonds is 5. The molecule has 0 bridgehead atoms. The van der Waals surface area contributed by atoms with Gasteiger partial charge in [0.25, 0.3) is 5.91 Å². The lowest BCUT2D eigenvalue weighted by molar-refractivity contribution is -0.119. The average Bonchev–Trinajstić information content (AvgIpc) is 2.36. The summed E-state index contributed by atoms with van der Waals surface area (Å²) >= 11 is 0. The van der Waals surface area contributed by atoms with Crippen molar-refractivity contribution in [3.8, 4) is 0 Å². The Morgan fingerprint density at radius 2 is 1.76 bits per heavy atom. The van der Waals surface area contributed by atoms with Gasteiger partial charge in [0, 0.05) is 23.3 Å². The number of nitrogens with two attached hydrogens (primary N) is 1. The smallest absolute Gasteiger partial charge is 0.251 e. The van der Waals surface area contributed by atoms with Crippen molar-refractivity contribution in [3.63, 3.8) is 0 Å². The second-order valence-corrected chi connectivity index (χ2v) is 5.79. The molecule has 1 aromatic carbocycles. The summed E-state index contributed by atoms with van der Waals surface area (Å²) in [6, 6.07) is 5.12. The first-order valence-electron chi connectivity index (χ1n) is 7.20. The molecule has 4 N–H and O–H groups in total. The van der Waals surface area contributed by atoms with Gasteiger partial charge in [-0.15, -0.1) is 0 Å². The Morgan fingerprint density at radius 3 is 2.24 bits per heavy atom. The van der Waals surface area contributed by atoms with Crippen molar-refractivity contribution in [2.45, 2.75) is 46.7 Å². The molecule has 5 heteroatoms. The average molecular weight is 291 g/mol. The maximum atomic E-state index is 12.0. The number of aryl methyl sites for hydroxylation is 1. The van der Waals surface area contributed by atoms with Gasteiger partial charge in [-0.1, -0.05) is 6.92 Å². The minimum atomic E-state index is -0.269. The zero-order chi connectivity index (χ0) is 16.2. The molecule has 0 aromatic heterocycles. The molecular weight excluding hydrogens is 266 g/mol. The molecule has 0 heterocycles. The molecule has 1 rings (SSSR count). The maximum absolute atomic E-state index is 12.0. The van der Waals surface area contributed by atoms with Crippen molar-refractivity contribution in [2.75, 3.05) is 5.32 Å². The maximum Gasteiger partial charge on any atom is 0.251 e. The lowest BCUT2D eigenvalue weighted by atomic mass is 10.0. The molecule has 0 aliphatic carbocycles. The van der Waals surface area contributed by atoms with Crippen molar-refractivity contribution >= 4 is 17.5 Å². The highest BCUT2D eigenvalue weighted by molar-refractivity contribution is 5.97. The van der Waals surface area contributed by atoms with Crippen LogP contribution in [0.15, 0.2) is 18.2 Å². The third kappa shape index (κ3) is 4.86. The fourth-order valence-corrected chi connectivity index (χ4v) is 1.83. The number of carbonyl (C=O) groups excluding carboxylic acids is 2. The number of benzene rings is 1. The van der Waals surface area contributed by atoms with Crippen LogP contribution < -0.4 is 16.4 Å². The van der Waals surface area contributed by atoms with E-state index in [1.807, 2.05) is 20.8 Å². The highest BCUT2D eigenvalue weighted by Gasteiger charge is 2.17. The SMILES string of the molecule is Cc1cc(NC(=O)C(C)C(C)N)ccc1C(=O)NC(C)C. The predicted octanol–water partition coefficient (Wildman–Crippen LogP) is 2.06. The van der Waals surface area contributed by atoms with Crippen molar-refractivity contribution in [1.82, 2.24) is 5.32 Å². The van der Waals surface area contributed by atoms with Gasteiger partial charge in [0.2, 0.25) is 5.91 Å². The second kappa shape index (κ2) is 7.22. The molecule has 1 aromatic rings. The summed E-state index contributed by atoms with van der Waals surface area (Å²) < 4.78 is 0. The molecule has 0 radical (unpaired) electrons. The minimum Gasteiger partial charge on any atom is -0.350 e. The Hall–Kier alpha value is -1.88. The Morgan fingerprint density at radius 1 is 1.14 bits per heavy atom. The van der Waals surface area contributed by atoms with Crippen LogP contribution in [-0.4, -0.2) is 23.9 Å². The molecule has 2 unspecified atom stereocenters. The zero-order valence-corrected chi connectivity index (χ0v) is 13.4. The minimum absolute atomic E-state index is 0.0863. The highest BCUT2D eigenvalue weighted by atomic mass is 16.2. The van der Waals surface area contributed by atoms with Crippen LogP contribution in [0.5, 0.6) is 0 Å². The van der Waals surface area contributed by atoms with E-state index in [4.69, 9.17) is 5.73 Å². The second-order valence-electron chi connectivity index (χ2n) is 5.79. The molecule has 0 aliphatic rings. The molecule has 5 nitrogen and oxygen atoms in total. The summed E-state index contributed by atoms with van der Waals surface area (Å²) in [7, 11) is 0. The summed E-state index contributed by atoms with van der Waals surface area (Å²) in [5.41, 5.74) is 7.82. The Labute approximate surface area is 126 Å². The van der Waals surface area contributed by atoms with Crippen LogP contribution in [-0.2, 0) is 4.79 Å². The number of hydrogen-bond donors (Lipinski definition) is 3. The Kier molecular flexibility index (Phi) is 5.90. The zero-order valence-electron chi connectivity index (χ0n) is 13.4. The van der Waals surface area contributed by atoms with E-state index < -0.39 is 0 Å². The molecule has 0 saturated carbocycles. The fraction of sp³-hybridized carbons (Fsp3) is 0.500. The lowest BCUT2D eigenvalue weighted by Gasteiger charge is -2.16. The standard InChI is InChI=1S/C16H25N3O2/c1-9(2)18-16(21)14-7-6-13(8-10(14)3)19-15(20)11(4)12(5)17/h6-9,11-12H,17H2,1-5H3,(H,18,21)(H,19,20). The van der Waals surface area contributed by atoms with Gasteiger partial charge in [0.05, 0.1) is 5.92 Å². The van der Waals surface area contributed by atoms with Crippen molar-refractivity contribution in [1.29, 1.82) is 0 Å². The van der Waals surface area contributed by atoms with E-state index in [1.54, 1.807) is 32.0 Å². The van der Waals surface area contributed by atoms with Gasteiger partial charge < -0.3 is 16.4 Å². The summed E-state index contributed by atoms with van der Waals surface area (Å²) in [5, 5.41) is 5.67. The fourth-order valence-electron chi connectivity index (χ4n) is 1.83. The molecular formula is C16H25N3O2. The van der Waals surface area contributed by atoms with E-state index in [-0.39, 0.29) is 29.8 Å². The molecule has 21 heavy (non-hydrogen) atoms. The van der Waals surface area contributed by atoms with Gasteiger partial charge in [-0.05, 0) is 51.5 Å². The Balaban J connectivity index is 2.83. The first-order valence-corrected chi connectivity index (χ1v) is 7.20. The molecule has 2 amide bonds. The molecule has 0 spiro atoms. The molecule has 116 valence electrons. The van der Waals surface area contributed by atoms with Crippen LogP contribution in [0.3, 0.4) is 0 Å². The van der Waals surface area contributed by atoms with Crippen LogP contribution in [0.1, 0.15) is 43.6 Å². The number of anilines is 1. The molecule has 0 saturated heterocycles. The van der Waals surface area contributed by atoms with Gasteiger partial charge in [-0.25, -0.2) is 0 Å². The van der Waals surface area contributed by atoms with E-state index in [9.17, 15) is 9.59 Å². The Bertz CT molecular complexity index is 524. The van der Waals surface area contributed by atoms with Gasteiger partial charge in [-0.3, -0.25) is 9.59 Å². The topological polar surface area (TPSA) is 84.2 Å². The first-order chi connectivity index (χ1) is 9.72. The van der Waals surface area contributed by atoms with Crippen molar-refractivity contribution < 1.29 is 9.59 Å². The van der Waals surface area contributed by atoms with Gasteiger partial charge in [0.15, 0.2) is 0 Å². The van der Waals surface area contributed by atoms with Crippen LogP contribution in [0.25, 0.3) is 0 Å². The number of amides is 2. The van der Waals surface area contributed by atoms with Crippen molar-refractivity contribution in [3.05, 3.63) is 29.3 Å². The van der Waals surface area contributed by atoms with Crippen LogP contribution >= 0.6 is 0 Å². The van der Waals surface area contributed by atoms with Gasteiger partial charge in [-0.2, -0.15) is 0 Å². The third-order valence-corrected chi connectivity index (χ3v) is 3.36. The van der Waals surface area contributed by atoms with Crippen molar-refractivity contribution in [2.24, 2.45) is 11.7 Å². The van der Waals surface area contributed by atoms with Gasteiger partial charge >= 0.3 is 0 Å². The lowest BCUT2D eigenvalue weighted by Crippen LogP contribution is -2.34. The molecule has 2 atom stereocenters. The van der Waals surface area contributed by atoms with E-state index in [0.29, 0.717) is 11.3 Å². The largest absolute Gasteiger partial charge is 0.350 e. The van der Waals surface area contributed by atoms with Crippen LogP contribution in [0.2, 0.25) is 0 Å². The van der Waals surface area contributed by atoms with Gasteiger partial charge in [0.1, 0.15) is 0 Å². The predicted molar refractivity (Wildman–Crippen MR) is 85.2 cm³/mol. The molecule has 0 aliphatic heterocycles. The summed E-state index contributed by atoms with van der Waals surface area (Å²) in [4.78, 5) is 24.0. The summed E-state index contributed by atoms with van der Waals surface area (Å²) in [5.74, 6) is -0.498. The van der Waals surface area contributed by atoms with Crippen LogP contribution in [0, 0.1) is 12.8 Å². The van der Waals surface area contributed by atoms with Crippen LogP contribution in [0.4, 0.5) is 5.69 Å². The van der Waals surface area contributed by atoms with E-state index in [2.05, 4.69) is 10.6 Å². The van der Waals surface area contributed by atoms with E-state index in [1.165, 1.54) is 0 Å². The quantitative estimate of drug-likeness (QED) is 0.776. The van der Waals surface area contributed by atoms with E-state index >= 15 is 0 Å². The number of hydrogen-bond acceptors (Lipinski definition) is 3. The normalized spacial score (nSPS) is 13.7. The molecule has 0 fully saturated rings. The number of carbonyl (C=O) groups is 2. The summed E-state index contributed by atoms with van der Waals surface area (Å²) in [6.45, 7) is 9.26. The summed E-state index contributed by atoms with van der Waals surface area (Å²) in [6.07, 6.45) is 0.